The standard InChI is InChI=1S/C11H13NO4/c1-6(13)9-7(12)5-8(14-2)10-11(9)16-4-3-15-10/h5H,3-4,12H2,1-2H3. The van der Waals surface area contributed by atoms with Gasteiger partial charge in [0, 0.05) is 6.07 Å². The number of fused-ring (bicyclic) bond motifs is 1. The van der Waals surface area contributed by atoms with Gasteiger partial charge in [-0.15, -0.1) is 0 Å². The molecule has 2 rings (SSSR count). The molecular weight excluding hydrogens is 210 g/mol. The van der Waals surface area contributed by atoms with Gasteiger partial charge >= 0.3 is 0 Å². The maximum absolute atomic E-state index is 11.5. The number of ether oxygens (including phenoxy) is 3. The summed E-state index contributed by atoms with van der Waals surface area (Å²) in [5.41, 5.74) is 6.48. The van der Waals surface area contributed by atoms with Crippen molar-refractivity contribution in [1.29, 1.82) is 0 Å². The molecule has 0 atom stereocenters. The Kier molecular flexibility index (Phi) is 2.60. The van der Waals surface area contributed by atoms with Crippen molar-refractivity contribution >= 4 is 11.5 Å². The van der Waals surface area contributed by atoms with E-state index in [1.54, 1.807) is 6.07 Å². The third kappa shape index (κ3) is 1.54. The molecule has 86 valence electrons. The lowest BCUT2D eigenvalue weighted by Crippen LogP contribution is -2.19. The number of nitrogens with two attached hydrogens (primary N) is 1. The number of hydrogen-bond acceptors (Lipinski definition) is 5. The van der Waals surface area contributed by atoms with Gasteiger partial charge in [-0.1, -0.05) is 0 Å². The van der Waals surface area contributed by atoms with Crippen molar-refractivity contribution in [3.05, 3.63) is 11.6 Å². The van der Waals surface area contributed by atoms with Gasteiger partial charge < -0.3 is 19.9 Å². The Labute approximate surface area is 93.1 Å². The summed E-state index contributed by atoms with van der Waals surface area (Å²) in [5.74, 6) is 1.17. The number of anilines is 1. The van der Waals surface area contributed by atoms with Crippen LogP contribution >= 0.6 is 0 Å². The first kappa shape index (κ1) is 10.6. The van der Waals surface area contributed by atoms with E-state index in [2.05, 4.69) is 0 Å². The minimum atomic E-state index is -0.151. The smallest absolute Gasteiger partial charge is 0.204 e. The van der Waals surface area contributed by atoms with Gasteiger partial charge in [-0.25, -0.2) is 0 Å². The second-order valence-electron chi connectivity index (χ2n) is 3.45. The van der Waals surface area contributed by atoms with Gasteiger partial charge in [0.15, 0.2) is 17.3 Å². The first-order valence-corrected chi connectivity index (χ1v) is 4.92. The van der Waals surface area contributed by atoms with Crippen molar-refractivity contribution in [3.63, 3.8) is 0 Å². The summed E-state index contributed by atoms with van der Waals surface area (Å²) >= 11 is 0. The minimum Gasteiger partial charge on any atom is -0.493 e. The van der Waals surface area contributed by atoms with E-state index in [-0.39, 0.29) is 5.78 Å². The molecule has 1 heterocycles. The van der Waals surface area contributed by atoms with E-state index in [9.17, 15) is 4.79 Å². The van der Waals surface area contributed by atoms with E-state index < -0.39 is 0 Å². The predicted molar refractivity (Wildman–Crippen MR) is 58.4 cm³/mol. The molecule has 0 spiro atoms. The summed E-state index contributed by atoms with van der Waals surface area (Å²) in [6, 6.07) is 1.57. The number of nitrogen functional groups attached to an aromatic ring is 1. The van der Waals surface area contributed by atoms with Crippen LogP contribution < -0.4 is 19.9 Å². The summed E-state index contributed by atoms with van der Waals surface area (Å²) < 4.78 is 16.0. The van der Waals surface area contributed by atoms with Crippen LogP contribution in [0.1, 0.15) is 17.3 Å². The number of carbonyl (C=O) groups excluding carboxylic acids is 1. The number of methoxy groups -OCH3 is 1. The molecule has 5 nitrogen and oxygen atoms in total. The average molecular weight is 223 g/mol. The van der Waals surface area contributed by atoms with Crippen LogP contribution in [0.25, 0.3) is 0 Å². The van der Waals surface area contributed by atoms with Crippen LogP contribution in [-0.4, -0.2) is 26.1 Å². The maximum Gasteiger partial charge on any atom is 0.204 e. The topological polar surface area (TPSA) is 70.8 Å². The average Bonchev–Trinajstić information content (AvgIpc) is 2.27. The Morgan fingerprint density at radius 3 is 2.56 bits per heavy atom. The quantitative estimate of drug-likeness (QED) is 0.603. The molecule has 0 amide bonds. The number of carbonyl (C=O) groups is 1. The van der Waals surface area contributed by atoms with Gasteiger partial charge in [-0.2, -0.15) is 0 Å². The Balaban J connectivity index is 2.67. The molecule has 0 radical (unpaired) electrons. The van der Waals surface area contributed by atoms with E-state index in [1.165, 1.54) is 14.0 Å². The van der Waals surface area contributed by atoms with Gasteiger partial charge in [0.25, 0.3) is 0 Å². The van der Waals surface area contributed by atoms with Crippen LogP contribution in [0.4, 0.5) is 5.69 Å². The third-order valence-electron chi connectivity index (χ3n) is 2.38. The fourth-order valence-corrected chi connectivity index (χ4v) is 1.71. The van der Waals surface area contributed by atoms with Crippen molar-refractivity contribution < 1.29 is 19.0 Å². The van der Waals surface area contributed by atoms with Crippen molar-refractivity contribution in [3.8, 4) is 17.2 Å². The SMILES string of the molecule is COc1cc(N)c(C(C)=O)c2c1OCCO2. The molecule has 16 heavy (non-hydrogen) atoms. The second kappa shape index (κ2) is 3.92. The van der Waals surface area contributed by atoms with E-state index in [0.29, 0.717) is 41.7 Å². The zero-order valence-electron chi connectivity index (χ0n) is 9.20. The lowest BCUT2D eigenvalue weighted by molar-refractivity contribution is 0.100. The zero-order valence-corrected chi connectivity index (χ0v) is 9.20. The molecule has 0 unspecified atom stereocenters. The predicted octanol–water partition coefficient (Wildman–Crippen LogP) is 1.25. The van der Waals surface area contributed by atoms with Gasteiger partial charge in [0.05, 0.1) is 18.4 Å². The van der Waals surface area contributed by atoms with Crippen LogP contribution in [0.15, 0.2) is 6.07 Å². The van der Waals surface area contributed by atoms with Crippen molar-refractivity contribution in [2.24, 2.45) is 0 Å². The number of rotatable bonds is 2. The molecule has 0 aliphatic carbocycles. The molecule has 0 saturated heterocycles. The van der Waals surface area contributed by atoms with Crippen LogP contribution in [0.3, 0.4) is 0 Å². The van der Waals surface area contributed by atoms with E-state index >= 15 is 0 Å². The van der Waals surface area contributed by atoms with E-state index in [0.717, 1.165) is 0 Å². The molecular formula is C11H13NO4. The van der Waals surface area contributed by atoms with Crippen LogP contribution in [0.5, 0.6) is 17.2 Å². The maximum atomic E-state index is 11.5. The summed E-state index contributed by atoms with van der Waals surface area (Å²) in [4.78, 5) is 11.5. The molecule has 1 aliphatic rings. The number of Topliss-reactive ketones (excluding diaryl/α,β-unsaturated/α-hetero) is 1. The Morgan fingerprint density at radius 1 is 1.38 bits per heavy atom. The lowest BCUT2D eigenvalue weighted by Gasteiger charge is -2.23. The molecule has 1 aliphatic heterocycles. The van der Waals surface area contributed by atoms with E-state index in [1.807, 2.05) is 0 Å². The molecule has 1 aromatic carbocycles. The highest BCUT2D eigenvalue weighted by atomic mass is 16.6. The fourth-order valence-electron chi connectivity index (χ4n) is 1.71. The van der Waals surface area contributed by atoms with Crippen LogP contribution in [0.2, 0.25) is 0 Å². The summed E-state index contributed by atoms with van der Waals surface area (Å²) in [7, 11) is 1.51. The molecule has 0 fully saturated rings. The monoisotopic (exact) mass is 223 g/mol. The van der Waals surface area contributed by atoms with E-state index in [4.69, 9.17) is 19.9 Å². The first-order chi connectivity index (χ1) is 7.65. The molecule has 2 N–H and O–H groups in total. The first-order valence-electron chi connectivity index (χ1n) is 4.92. The highest BCUT2D eigenvalue weighted by Gasteiger charge is 2.25. The Morgan fingerprint density at radius 2 is 2.00 bits per heavy atom. The number of benzene rings is 1. The van der Waals surface area contributed by atoms with Crippen LogP contribution in [0, 0.1) is 0 Å². The summed E-state index contributed by atoms with van der Waals surface area (Å²) in [6.07, 6.45) is 0. The van der Waals surface area contributed by atoms with Gasteiger partial charge in [-0.3, -0.25) is 4.79 Å². The second-order valence-corrected chi connectivity index (χ2v) is 3.45. The molecule has 1 aromatic rings. The van der Waals surface area contributed by atoms with Crippen molar-refractivity contribution in [2.75, 3.05) is 26.1 Å². The van der Waals surface area contributed by atoms with Crippen molar-refractivity contribution in [2.45, 2.75) is 6.92 Å². The third-order valence-corrected chi connectivity index (χ3v) is 2.38. The normalized spacial score (nSPS) is 13.4. The minimum absolute atomic E-state index is 0.151. The van der Waals surface area contributed by atoms with Gasteiger partial charge in [-0.05, 0) is 6.92 Å². The number of hydrogen-bond donors (Lipinski definition) is 1. The van der Waals surface area contributed by atoms with Gasteiger partial charge in [0.1, 0.15) is 13.2 Å². The molecule has 0 aromatic heterocycles. The molecule has 0 bridgehead atoms. The molecule has 5 heteroatoms. The summed E-state index contributed by atoms with van der Waals surface area (Å²) in [6.45, 7) is 2.28. The largest absolute Gasteiger partial charge is 0.493 e. The zero-order chi connectivity index (χ0) is 11.7. The number of ketones is 1. The highest BCUT2D eigenvalue weighted by Crippen LogP contribution is 2.44. The molecule has 0 saturated carbocycles. The summed E-state index contributed by atoms with van der Waals surface area (Å²) in [5, 5.41) is 0. The Hall–Kier alpha value is -1.91. The Bertz CT molecular complexity index is 442. The highest BCUT2D eigenvalue weighted by molar-refractivity contribution is 6.03. The van der Waals surface area contributed by atoms with Crippen molar-refractivity contribution in [1.82, 2.24) is 0 Å². The fraction of sp³-hybridized carbons (Fsp3) is 0.364. The van der Waals surface area contributed by atoms with Gasteiger partial charge in [0.2, 0.25) is 5.75 Å². The van der Waals surface area contributed by atoms with Crippen LogP contribution in [-0.2, 0) is 0 Å². The lowest BCUT2D eigenvalue weighted by atomic mass is 10.1.